The molecular formula is C11H11ClFN3O3S. The van der Waals surface area contributed by atoms with Crippen LogP contribution >= 0.6 is 11.6 Å². The Labute approximate surface area is 120 Å². The molecule has 1 aromatic heterocycles. The van der Waals surface area contributed by atoms with Crippen molar-refractivity contribution in [2.24, 2.45) is 0 Å². The van der Waals surface area contributed by atoms with E-state index in [1.54, 1.807) is 13.8 Å². The fourth-order valence-corrected chi connectivity index (χ4v) is 2.95. The molecule has 0 amide bonds. The zero-order chi connectivity index (χ0) is 14.9. The van der Waals surface area contributed by atoms with Crippen LogP contribution in [0.5, 0.6) is 0 Å². The number of hydrogen-bond acceptors (Lipinski definition) is 5. The molecule has 0 spiro atoms. The first kappa shape index (κ1) is 14.7. The average molecular weight is 320 g/mol. The van der Waals surface area contributed by atoms with Crippen molar-refractivity contribution in [1.29, 1.82) is 0 Å². The number of hydrogen-bond donors (Lipinski definition) is 1. The summed E-state index contributed by atoms with van der Waals surface area (Å²) in [7, 11) is -4.24. The molecule has 0 radical (unpaired) electrons. The Balaban J connectivity index is 2.36. The van der Waals surface area contributed by atoms with E-state index in [1.807, 2.05) is 4.72 Å². The molecule has 0 aliphatic heterocycles. The van der Waals surface area contributed by atoms with Crippen molar-refractivity contribution in [3.8, 4) is 0 Å². The highest BCUT2D eigenvalue weighted by atomic mass is 35.5. The standard InChI is InChI=1S/C11H11ClFN3O3S/c1-6(2)10-14-15-11(19-10)16-20(17,18)9-7(12)4-3-5-8(9)13/h3-6H,1-2H3,(H,15,16). The minimum Gasteiger partial charge on any atom is -0.407 e. The predicted octanol–water partition coefficient (Wildman–Crippen LogP) is 2.79. The first-order valence-corrected chi connectivity index (χ1v) is 7.47. The van der Waals surface area contributed by atoms with Crippen molar-refractivity contribution in [2.45, 2.75) is 24.7 Å². The van der Waals surface area contributed by atoms with Gasteiger partial charge in [0.2, 0.25) is 5.89 Å². The number of sulfonamides is 1. The first-order chi connectivity index (χ1) is 9.31. The second-order valence-electron chi connectivity index (χ2n) is 4.26. The third-order valence-electron chi connectivity index (χ3n) is 2.34. The van der Waals surface area contributed by atoms with Crippen LogP contribution in [-0.4, -0.2) is 18.6 Å². The fraction of sp³-hybridized carbons (Fsp3) is 0.273. The first-order valence-electron chi connectivity index (χ1n) is 5.61. The molecular weight excluding hydrogens is 309 g/mol. The largest absolute Gasteiger partial charge is 0.407 e. The maximum Gasteiger partial charge on any atom is 0.329 e. The van der Waals surface area contributed by atoms with Crippen LogP contribution in [0.1, 0.15) is 25.7 Å². The van der Waals surface area contributed by atoms with Crippen LogP contribution in [0.25, 0.3) is 0 Å². The quantitative estimate of drug-likeness (QED) is 0.936. The smallest absolute Gasteiger partial charge is 0.329 e. The van der Waals surface area contributed by atoms with Gasteiger partial charge in [-0.1, -0.05) is 36.6 Å². The number of anilines is 1. The predicted molar refractivity (Wildman–Crippen MR) is 70.6 cm³/mol. The van der Waals surface area contributed by atoms with E-state index in [9.17, 15) is 12.8 Å². The van der Waals surface area contributed by atoms with Gasteiger partial charge >= 0.3 is 6.01 Å². The summed E-state index contributed by atoms with van der Waals surface area (Å²) in [5.74, 6) is -0.756. The van der Waals surface area contributed by atoms with E-state index < -0.39 is 20.7 Å². The van der Waals surface area contributed by atoms with Crippen LogP contribution in [-0.2, 0) is 10.0 Å². The molecule has 0 aliphatic rings. The number of benzene rings is 1. The summed E-state index contributed by atoms with van der Waals surface area (Å²) in [6.07, 6.45) is 0. The number of nitrogens with one attached hydrogen (secondary N) is 1. The third kappa shape index (κ3) is 2.91. The lowest BCUT2D eigenvalue weighted by atomic mass is 10.2. The summed E-state index contributed by atoms with van der Waals surface area (Å²) in [6.45, 7) is 3.61. The van der Waals surface area contributed by atoms with E-state index in [4.69, 9.17) is 16.0 Å². The van der Waals surface area contributed by atoms with E-state index >= 15 is 0 Å². The minimum atomic E-state index is -4.24. The molecule has 1 heterocycles. The molecule has 0 bridgehead atoms. The zero-order valence-corrected chi connectivity index (χ0v) is 12.2. The molecule has 0 saturated heterocycles. The molecule has 0 aliphatic carbocycles. The van der Waals surface area contributed by atoms with Crippen LogP contribution in [0.4, 0.5) is 10.4 Å². The van der Waals surface area contributed by atoms with Crippen molar-refractivity contribution < 1.29 is 17.2 Å². The summed E-state index contributed by atoms with van der Waals surface area (Å²) in [5.41, 5.74) is 0. The molecule has 20 heavy (non-hydrogen) atoms. The van der Waals surface area contributed by atoms with Gasteiger partial charge in [-0.05, 0) is 12.1 Å². The molecule has 0 fully saturated rings. The monoisotopic (exact) mass is 319 g/mol. The number of aromatic nitrogens is 2. The highest BCUT2D eigenvalue weighted by molar-refractivity contribution is 7.92. The molecule has 0 atom stereocenters. The van der Waals surface area contributed by atoms with Crippen LogP contribution in [0.2, 0.25) is 5.02 Å². The van der Waals surface area contributed by atoms with Crippen molar-refractivity contribution >= 4 is 27.6 Å². The topological polar surface area (TPSA) is 85.1 Å². The zero-order valence-electron chi connectivity index (χ0n) is 10.6. The third-order valence-corrected chi connectivity index (χ3v) is 4.17. The average Bonchev–Trinajstić information content (AvgIpc) is 2.76. The van der Waals surface area contributed by atoms with Crippen LogP contribution in [0, 0.1) is 5.82 Å². The highest BCUT2D eigenvalue weighted by Gasteiger charge is 2.25. The molecule has 9 heteroatoms. The van der Waals surface area contributed by atoms with Crippen molar-refractivity contribution in [1.82, 2.24) is 10.2 Å². The van der Waals surface area contributed by atoms with Gasteiger partial charge in [0, 0.05) is 5.92 Å². The maximum atomic E-state index is 13.6. The number of halogens is 2. The van der Waals surface area contributed by atoms with Gasteiger partial charge < -0.3 is 4.42 Å². The van der Waals surface area contributed by atoms with Gasteiger partial charge in [-0.2, -0.15) is 0 Å². The Kier molecular flexibility index (Phi) is 3.96. The van der Waals surface area contributed by atoms with E-state index in [-0.39, 0.29) is 22.8 Å². The second kappa shape index (κ2) is 5.37. The lowest BCUT2D eigenvalue weighted by Gasteiger charge is -2.06. The summed E-state index contributed by atoms with van der Waals surface area (Å²) in [5, 5.41) is 6.97. The molecule has 6 nitrogen and oxygen atoms in total. The van der Waals surface area contributed by atoms with Gasteiger partial charge in [-0.3, -0.25) is 0 Å². The maximum absolute atomic E-state index is 13.6. The Morgan fingerprint density at radius 2 is 2.05 bits per heavy atom. The van der Waals surface area contributed by atoms with Crippen molar-refractivity contribution in [3.63, 3.8) is 0 Å². The van der Waals surface area contributed by atoms with Gasteiger partial charge in [0.15, 0.2) is 0 Å². The van der Waals surface area contributed by atoms with Gasteiger partial charge in [-0.15, -0.1) is 5.10 Å². The van der Waals surface area contributed by atoms with Crippen LogP contribution in [0.3, 0.4) is 0 Å². The Hall–Kier alpha value is -1.67. The summed E-state index contributed by atoms with van der Waals surface area (Å²) in [6, 6.07) is 3.23. The lowest BCUT2D eigenvalue weighted by Crippen LogP contribution is -2.15. The van der Waals surface area contributed by atoms with Gasteiger partial charge in [0.1, 0.15) is 10.7 Å². The Morgan fingerprint density at radius 3 is 2.60 bits per heavy atom. The summed E-state index contributed by atoms with van der Waals surface area (Å²) >= 11 is 5.71. The normalized spacial score (nSPS) is 11.8. The highest BCUT2D eigenvalue weighted by Crippen LogP contribution is 2.26. The van der Waals surface area contributed by atoms with E-state index in [0.717, 1.165) is 6.07 Å². The van der Waals surface area contributed by atoms with Crippen LogP contribution < -0.4 is 4.72 Å². The fourth-order valence-electron chi connectivity index (χ4n) is 1.41. The number of rotatable bonds is 4. The van der Waals surface area contributed by atoms with E-state index in [0.29, 0.717) is 0 Å². The SMILES string of the molecule is CC(C)c1nnc(NS(=O)(=O)c2c(F)cccc2Cl)o1. The molecule has 2 aromatic rings. The minimum absolute atomic E-state index is 0.0576. The van der Waals surface area contributed by atoms with Crippen LogP contribution in [0.15, 0.2) is 27.5 Å². The molecule has 0 unspecified atom stereocenters. The lowest BCUT2D eigenvalue weighted by molar-refractivity contribution is 0.483. The van der Waals surface area contributed by atoms with E-state index in [1.165, 1.54) is 12.1 Å². The van der Waals surface area contributed by atoms with Gasteiger partial charge in [0.05, 0.1) is 5.02 Å². The Bertz CT molecular complexity index is 710. The second-order valence-corrected chi connectivity index (χ2v) is 6.28. The Morgan fingerprint density at radius 1 is 1.35 bits per heavy atom. The van der Waals surface area contributed by atoms with Gasteiger partial charge in [-0.25, -0.2) is 17.5 Å². The molecule has 1 N–H and O–H groups in total. The summed E-state index contributed by atoms with van der Waals surface area (Å²) < 4.78 is 44.8. The summed E-state index contributed by atoms with van der Waals surface area (Å²) in [4.78, 5) is -0.661. The molecule has 2 rings (SSSR count). The molecule has 0 saturated carbocycles. The van der Waals surface area contributed by atoms with Gasteiger partial charge in [0.25, 0.3) is 10.0 Å². The van der Waals surface area contributed by atoms with Crippen molar-refractivity contribution in [3.05, 3.63) is 34.9 Å². The van der Waals surface area contributed by atoms with E-state index in [2.05, 4.69) is 10.2 Å². The van der Waals surface area contributed by atoms with Crippen molar-refractivity contribution in [2.75, 3.05) is 4.72 Å². The number of nitrogens with zero attached hydrogens (tertiary/aromatic N) is 2. The molecule has 108 valence electrons. The molecule has 1 aromatic carbocycles.